The largest absolute Gasteiger partial charge is 0.433 e. The summed E-state index contributed by atoms with van der Waals surface area (Å²) in [6.07, 6.45) is 0.804. The highest BCUT2D eigenvalue weighted by molar-refractivity contribution is 6.36. The molecule has 6 rings (SSSR count). The molecule has 2 N–H and O–H groups in total. The van der Waals surface area contributed by atoms with Gasteiger partial charge in [-0.2, -0.15) is 18.3 Å². The quantitative estimate of drug-likeness (QED) is 0.685. The van der Waals surface area contributed by atoms with Gasteiger partial charge in [0.25, 0.3) is 5.91 Å². The Morgan fingerprint density at radius 1 is 1.21 bits per heavy atom. The summed E-state index contributed by atoms with van der Waals surface area (Å²) in [5.74, 6) is 0.762. The summed E-state index contributed by atoms with van der Waals surface area (Å²) < 4.78 is 41.1. The lowest BCUT2D eigenvalue weighted by Gasteiger charge is -2.25. The van der Waals surface area contributed by atoms with Crippen molar-refractivity contribution in [3.63, 3.8) is 0 Å². The molecule has 11 heteroatoms. The average molecular weight is 485 g/mol. The zero-order chi connectivity index (χ0) is 23.5. The van der Waals surface area contributed by atoms with Gasteiger partial charge >= 0.3 is 6.18 Å². The number of hydrogen-bond acceptors (Lipinski definition) is 4. The summed E-state index contributed by atoms with van der Waals surface area (Å²) in [6, 6.07) is 2.62. The van der Waals surface area contributed by atoms with Crippen LogP contribution in [0.25, 0.3) is 5.52 Å². The number of halogens is 4. The molecule has 0 radical (unpaired) electrons. The lowest BCUT2D eigenvalue weighted by atomic mass is 10.1. The first kappa shape index (κ1) is 22.5. The van der Waals surface area contributed by atoms with E-state index in [9.17, 15) is 22.8 Å². The van der Waals surface area contributed by atoms with E-state index >= 15 is 0 Å². The number of fused-ring (bicyclic) bond motifs is 2. The van der Waals surface area contributed by atoms with Crippen molar-refractivity contribution in [2.45, 2.75) is 50.3 Å². The first-order chi connectivity index (χ1) is 15.6. The summed E-state index contributed by atoms with van der Waals surface area (Å²) in [5.41, 5.74) is -0.648. The van der Waals surface area contributed by atoms with Gasteiger partial charge in [-0.3, -0.25) is 9.59 Å². The average Bonchev–Trinajstić information content (AvgIpc) is 3.69. The second-order valence-electron chi connectivity index (χ2n) is 9.29. The molecule has 1 saturated heterocycles. The first-order valence-electron chi connectivity index (χ1n) is 11.2. The minimum Gasteiger partial charge on any atom is -0.393 e. The zero-order valence-corrected chi connectivity index (χ0v) is 18.5. The minimum absolute atomic E-state index is 0.0493. The summed E-state index contributed by atoms with van der Waals surface area (Å²) in [5, 5.41) is 15.3. The van der Waals surface area contributed by atoms with Crippen LogP contribution in [0.15, 0.2) is 12.1 Å². The van der Waals surface area contributed by atoms with Gasteiger partial charge in [-0.1, -0.05) is 11.6 Å². The Balaban J connectivity index is 0.000000274. The number of rotatable bonds is 2. The lowest BCUT2D eigenvalue weighted by Crippen LogP contribution is -2.50. The predicted molar refractivity (Wildman–Crippen MR) is 113 cm³/mol. The highest BCUT2D eigenvalue weighted by atomic mass is 35.5. The fraction of sp³-hybridized carbons (Fsp3) is 0.591. The van der Waals surface area contributed by atoms with Gasteiger partial charge < -0.3 is 15.3 Å². The Morgan fingerprint density at radius 2 is 1.97 bits per heavy atom. The molecule has 3 saturated carbocycles. The smallest absolute Gasteiger partial charge is 0.393 e. The van der Waals surface area contributed by atoms with Crippen LogP contribution in [0.2, 0.25) is 5.02 Å². The van der Waals surface area contributed by atoms with E-state index in [1.54, 1.807) is 6.07 Å². The second-order valence-corrected chi connectivity index (χ2v) is 9.66. The van der Waals surface area contributed by atoms with E-state index in [1.165, 1.54) is 17.7 Å². The molecule has 3 unspecified atom stereocenters. The number of amides is 2. The SMILES string of the molecule is O=C1CN(C(=O)c2nn3c(C(F)(F)F)cc(C4CC4)cc3c2Cl)CCN1.OC1CCC2CC12. The molecular weight excluding hydrogens is 461 g/mol. The molecule has 2 amide bonds. The van der Waals surface area contributed by atoms with Gasteiger partial charge in [0.2, 0.25) is 5.91 Å². The van der Waals surface area contributed by atoms with Crippen molar-refractivity contribution in [1.82, 2.24) is 19.8 Å². The molecule has 2 aromatic heterocycles. The maximum absolute atomic E-state index is 13.5. The molecule has 33 heavy (non-hydrogen) atoms. The predicted octanol–water partition coefficient (Wildman–Crippen LogP) is 3.23. The van der Waals surface area contributed by atoms with Crippen LogP contribution in [0.5, 0.6) is 0 Å². The van der Waals surface area contributed by atoms with E-state index in [0.717, 1.165) is 37.2 Å². The number of aromatic nitrogens is 2. The molecule has 4 fully saturated rings. The molecule has 3 atom stereocenters. The van der Waals surface area contributed by atoms with Gasteiger partial charge in [-0.05, 0) is 67.6 Å². The highest BCUT2D eigenvalue weighted by Crippen LogP contribution is 2.51. The Labute approximate surface area is 192 Å². The van der Waals surface area contributed by atoms with Crippen molar-refractivity contribution in [3.8, 4) is 0 Å². The summed E-state index contributed by atoms with van der Waals surface area (Å²) in [6.45, 7) is 0.339. The van der Waals surface area contributed by atoms with Crippen molar-refractivity contribution < 1.29 is 27.9 Å². The summed E-state index contributed by atoms with van der Waals surface area (Å²) >= 11 is 6.23. The van der Waals surface area contributed by atoms with Gasteiger partial charge in [0.05, 0.1) is 23.2 Å². The van der Waals surface area contributed by atoms with Gasteiger partial charge in [0, 0.05) is 13.1 Å². The van der Waals surface area contributed by atoms with E-state index in [4.69, 9.17) is 16.7 Å². The third kappa shape index (κ3) is 4.42. The third-order valence-electron chi connectivity index (χ3n) is 6.87. The molecule has 3 heterocycles. The first-order valence-corrected chi connectivity index (χ1v) is 11.5. The van der Waals surface area contributed by atoms with Crippen molar-refractivity contribution in [2.75, 3.05) is 19.6 Å². The van der Waals surface area contributed by atoms with Crippen LogP contribution in [-0.4, -0.2) is 57.2 Å². The van der Waals surface area contributed by atoms with E-state index in [-0.39, 0.29) is 53.8 Å². The molecule has 4 aliphatic rings. The van der Waals surface area contributed by atoms with Crippen molar-refractivity contribution in [1.29, 1.82) is 0 Å². The van der Waals surface area contributed by atoms with Crippen LogP contribution in [-0.2, 0) is 11.0 Å². The van der Waals surface area contributed by atoms with Crippen LogP contribution < -0.4 is 5.32 Å². The number of aliphatic hydroxyl groups is 1. The van der Waals surface area contributed by atoms with Crippen molar-refractivity contribution >= 4 is 28.9 Å². The van der Waals surface area contributed by atoms with Gasteiger partial charge in [0.15, 0.2) is 5.69 Å². The van der Waals surface area contributed by atoms with Gasteiger partial charge in [-0.15, -0.1) is 0 Å². The molecule has 1 aliphatic heterocycles. The molecule has 0 spiro atoms. The lowest BCUT2D eigenvalue weighted by molar-refractivity contribution is -0.142. The Hall–Kier alpha value is -2.33. The molecule has 0 bridgehead atoms. The monoisotopic (exact) mass is 484 g/mol. The fourth-order valence-corrected chi connectivity index (χ4v) is 5.02. The molecule has 3 aliphatic carbocycles. The number of carbonyl (C=O) groups is 2. The number of aliphatic hydroxyl groups excluding tert-OH is 1. The Bertz CT molecular complexity index is 1110. The summed E-state index contributed by atoms with van der Waals surface area (Å²) in [7, 11) is 0. The zero-order valence-electron chi connectivity index (χ0n) is 17.7. The number of nitrogens with zero attached hydrogens (tertiary/aromatic N) is 3. The van der Waals surface area contributed by atoms with Gasteiger partial charge in [0.1, 0.15) is 5.69 Å². The number of alkyl halides is 3. The van der Waals surface area contributed by atoms with Gasteiger partial charge in [-0.25, -0.2) is 4.52 Å². The molecule has 0 aromatic carbocycles. The number of pyridine rings is 1. The number of carbonyl (C=O) groups excluding carboxylic acids is 2. The van der Waals surface area contributed by atoms with Crippen LogP contribution in [0.4, 0.5) is 13.2 Å². The molecule has 2 aromatic rings. The van der Waals surface area contributed by atoms with Crippen LogP contribution >= 0.6 is 11.6 Å². The van der Waals surface area contributed by atoms with E-state index in [0.29, 0.717) is 10.1 Å². The van der Waals surface area contributed by atoms with E-state index in [2.05, 4.69) is 10.4 Å². The summed E-state index contributed by atoms with van der Waals surface area (Å²) in [4.78, 5) is 25.3. The number of nitrogens with one attached hydrogen (secondary N) is 1. The van der Waals surface area contributed by atoms with E-state index in [1.807, 2.05) is 0 Å². The second kappa shape index (κ2) is 8.16. The Morgan fingerprint density at radius 3 is 2.48 bits per heavy atom. The van der Waals surface area contributed by atoms with Crippen LogP contribution in [0.3, 0.4) is 0 Å². The minimum atomic E-state index is -4.64. The van der Waals surface area contributed by atoms with Crippen molar-refractivity contribution in [3.05, 3.63) is 34.1 Å². The standard InChI is InChI=1S/C16H14ClF3N4O2.C6H10O/c17-13-10-5-9(8-1-2-8)6-11(16(18,19)20)24(10)22-14(13)15(26)23-4-3-21-12(25)7-23;7-6-2-1-4-3-5(4)6/h5-6,8H,1-4,7H2,(H,21,25);4-7H,1-3H2. The third-order valence-corrected chi connectivity index (χ3v) is 7.24. The van der Waals surface area contributed by atoms with Crippen LogP contribution in [0, 0.1) is 11.8 Å². The maximum Gasteiger partial charge on any atom is 0.433 e. The Kier molecular flexibility index (Phi) is 5.55. The number of hydrogen-bond donors (Lipinski definition) is 2. The molecule has 7 nitrogen and oxygen atoms in total. The normalized spacial score (nSPS) is 26.5. The topological polar surface area (TPSA) is 86.9 Å². The maximum atomic E-state index is 13.5. The molecule has 178 valence electrons. The van der Waals surface area contributed by atoms with Crippen molar-refractivity contribution in [2.24, 2.45) is 11.8 Å². The molecular formula is C22H24ClF3N4O3. The van der Waals surface area contributed by atoms with Crippen LogP contribution in [0.1, 0.15) is 59.8 Å². The fourth-order valence-electron chi connectivity index (χ4n) is 4.76. The number of piperazine rings is 1. The highest BCUT2D eigenvalue weighted by Gasteiger charge is 2.47. The van der Waals surface area contributed by atoms with E-state index < -0.39 is 17.8 Å².